The van der Waals surface area contributed by atoms with Gasteiger partial charge in [0.2, 0.25) is 0 Å². The minimum absolute atomic E-state index is 0.182. The van der Waals surface area contributed by atoms with Gasteiger partial charge in [0.25, 0.3) is 15.9 Å². The van der Waals surface area contributed by atoms with Crippen LogP contribution in [0.3, 0.4) is 0 Å². The van der Waals surface area contributed by atoms with Crippen molar-refractivity contribution in [2.24, 2.45) is 0 Å². The molecule has 156 valence electrons. The second-order valence-corrected chi connectivity index (χ2v) is 10.5. The highest BCUT2D eigenvalue weighted by molar-refractivity contribution is 7.92. The summed E-state index contributed by atoms with van der Waals surface area (Å²) in [4.78, 5) is 13.3. The number of amides is 1. The first-order chi connectivity index (χ1) is 14.9. The summed E-state index contributed by atoms with van der Waals surface area (Å²) in [7, 11) is -3.67. The summed E-state index contributed by atoms with van der Waals surface area (Å²) in [5.41, 5.74) is 2.24. The fraction of sp³-hybridized carbons (Fsp3) is 0.0870. The number of halogens is 1. The molecule has 1 aliphatic heterocycles. The Balaban J connectivity index is 1.38. The van der Waals surface area contributed by atoms with Crippen LogP contribution >= 0.6 is 22.9 Å². The van der Waals surface area contributed by atoms with E-state index in [0.29, 0.717) is 28.6 Å². The molecule has 5 rings (SSSR count). The number of carbonyl (C=O) groups is 1. The van der Waals surface area contributed by atoms with E-state index in [9.17, 15) is 13.2 Å². The highest BCUT2D eigenvalue weighted by Gasteiger charge is 2.30. The van der Waals surface area contributed by atoms with Crippen LogP contribution in [0.25, 0.3) is 10.1 Å². The fourth-order valence-corrected chi connectivity index (χ4v) is 6.66. The monoisotopic (exact) mass is 468 g/mol. The van der Waals surface area contributed by atoms with E-state index in [1.165, 1.54) is 27.8 Å². The Labute approximate surface area is 188 Å². The highest BCUT2D eigenvalue weighted by atomic mass is 35.5. The number of rotatable bonds is 4. The van der Waals surface area contributed by atoms with E-state index >= 15 is 0 Å². The number of fused-ring (bicyclic) bond motifs is 2. The van der Waals surface area contributed by atoms with Gasteiger partial charge in [-0.15, -0.1) is 11.3 Å². The molecule has 2 heterocycles. The van der Waals surface area contributed by atoms with Crippen molar-refractivity contribution in [3.05, 3.63) is 88.3 Å². The van der Waals surface area contributed by atoms with Crippen molar-refractivity contribution in [1.29, 1.82) is 0 Å². The molecule has 0 unspecified atom stereocenters. The molecule has 1 N–H and O–H groups in total. The largest absolute Gasteiger partial charge is 0.321 e. The number of carbonyl (C=O) groups excluding carboxylic acids is 1. The van der Waals surface area contributed by atoms with Crippen molar-refractivity contribution in [2.45, 2.75) is 11.3 Å². The van der Waals surface area contributed by atoms with Crippen molar-refractivity contribution < 1.29 is 13.2 Å². The molecule has 0 bridgehead atoms. The Morgan fingerprint density at radius 2 is 1.68 bits per heavy atom. The molecular formula is C23H17ClN2O3S2. The number of sulfonamides is 1. The highest BCUT2D eigenvalue weighted by Crippen LogP contribution is 2.36. The lowest BCUT2D eigenvalue weighted by Gasteiger charge is -2.19. The van der Waals surface area contributed by atoms with E-state index in [0.717, 1.165) is 21.3 Å². The molecule has 1 amide bonds. The lowest BCUT2D eigenvalue weighted by atomic mass is 10.2. The molecule has 0 saturated heterocycles. The van der Waals surface area contributed by atoms with Crippen LogP contribution in [0.15, 0.2) is 77.7 Å². The first kappa shape index (κ1) is 20.1. The number of benzene rings is 3. The maximum absolute atomic E-state index is 13.1. The molecule has 1 aromatic heterocycles. The van der Waals surface area contributed by atoms with Crippen LogP contribution in [0.5, 0.6) is 0 Å². The number of anilines is 2. The average Bonchev–Trinajstić information content (AvgIpc) is 3.36. The second-order valence-electron chi connectivity index (χ2n) is 7.18. The Hall–Kier alpha value is -2.87. The Morgan fingerprint density at radius 1 is 0.968 bits per heavy atom. The zero-order chi connectivity index (χ0) is 21.6. The summed E-state index contributed by atoms with van der Waals surface area (Å²) in [6, 6.07) is 21.3. The summed E-state index contributed by atoms with van der Waals surface area (Å²) < 4.78 is 28.6. The maximum atomic E-state index is 13.1. The molecule has 0 saturated carbocycles. The minimum Gasteiger partial charge on any atom is -0.321 e. The van der Waals surface area contributed by atoms with Crippen molar-refractivity contribution in [2.75, 3.05) is 16.2 Å². The van der Waals surface area contributed by atoms with E-state index in [4.69, 9.17) is 11.6 Å². The van der Waals surface area contributed by atoms with E-state index in [2.05, 4.69) is 5.32 Å². The molecular weight excluding hydrogens is 452 g/mol. The Kier molecular flexibility index (Phi) is 4.97. The Bertz CT molecular complexity index is 1410. The van der Waals surface area contributed by atoms with Gasteiger partial charge in [0.1, 0.15) is 4.88 Å². The first-order valence-electron chi connectivity index (χ1n) is 9.64. The van der Waals surface area contributed by atoms with Gasteiger partial charge in [0, 0.05) is 22.3 Å². The quantitative estimate of drug-likeness (QED) is 0.426. The molecule has 8 heteroatoms. The third-order valence-electron chi connectivity index (χ3n) is 5.29. The summed E-state index contributed by atoms with van der Waals surface area (Å²) in [6.45, 7) is 0.421. The number of thiophene rings is 1. The summed E-state index contributed by atoms with van der Waals surface area (Å²) in [6.07, 6.45) is 0.694. The van der Waals surface area contributed by atoms with Crippen LogP contribution in [0.4, 0.5) is 11.4 Å². The maximum Gasteiger partial charge on any atom is 0.267 e. The molecule has 1 aliphatic rings. The smallest absolute Gasteiger partial charge is 0.267 e. The van der Waals surface area contributed by atoms with Gasteiger partial charge in [-0.1, -0.05) is 48.0 Å². The lowest BCUT2D eigenvalue weighted by Crippen LogP contribution is -2.29. The van der Waals surface area contributed by atoms with Crippen LogP contribution in [-0.2, 0) is 16.4 Å². The zero-order valence-electron chi connectivity index (χ0n) is 16.2. The first-order valence-corrected chi connectivity index (χ1v) is 12.3. The minimum atomic E-state index is -3.67. The number of nitrogens with zero attached hydrogens (tertiary/aromatic N) is 1. The van der Waals surface area contributed by atoms with Crippen LogP contribution in [-0.4, -0.2) is 20.9 Å². The lowest BCUT2D eigenvalue weighted by molar-refractivity contribution is 0.103. The molecule has 31 heavy (non-hydrogen) atoms. The van der Waals surface area contributed by atoms with E-state index in [1.54, 1.807) is 12.1 Å². The fourth-order valence-electron chi connectivity index (χ4n) is 3.74. The molecule has 3 aromatic carbocycles. The predicted octanol–water partition coefficient (Wildman–Crippen LogP) is 5.56. The average molecular weight is 469 g/mol. The van der Waals surface area contributed by atoms with Gasteiger partial charge in [0.05, 0.1) is 15.6 Å². The molecule has 0 fully saturated rings. The molecule has 0 atom stereocenters. The zero-order valence-corrected chi connectivity index (χ0v) is 18.6. The predicted molar refractivity (Wildman–Crippen MR) is 126 cm³/mol. The van der Waals surface area contributed by atoms with Crippen molar-refractivity contribution in [1.82, 2.24) is 0 Å². The van der Waals surface area contributed by atoms with Crippen LogP contribution < -0.4 is 9.62 Å². The van der Waals surface area contributed by atoms with Crippen molar-refractivity contribution >= 4 is 60.3 Å². The molecule has 0 spiro atoms. The molecule has 4 aromatic rings. The van der Waals surface area contributed by atoms with Gasteiger partial charge in [-0.3, -0.25) is 9.10 Å². The van der Waals surface area contributed by atoms with Crippen LogP contribution in [0, 0.1) is 0 Å². The van der Waals surface area contributed by atoms with E-state index < -0.39 is 10.0 Å². The third-order valence-corrected chi connectivity index (χ3v) is 8.79. The van der Waals surface area contributed by atoms with Crippen molar-refractivity contribution in [3.8, 4) is 0 Å². The summed E-state index contributed by atoms with van der Waals surface area (Å²) in [5, 5.41) is 4.06. The number of nitrogens with one attached hydrogen (secondary N) is 1. The number of para-hydroxylation sites is 1. The summed E-state index contributed by atoms with van der Waals surface area (Å²) in [5.74, 6) is -0.324. The van der Waals surface area contributed by atoms with Gasteiger partial charge in [-0.2, -0.15) is 0 Å². The van der Waals surface area contributed by atoms with Crippen molar-refractivity contribution in [3.63, 3.8) is 0 Å². The SMILES string of the molecule is O=C(Nc1ccc(S(=O)(=O)N2CCc3ccccc32)cc1)c1sc2ccccc2c1Cl. The Morgan fingerprint density at radius 3 is 2.45 bits per heavy atom. The second kappa shape index (κ2) is 7.67. The van der Waals surface area contributed by atoms with Gasteiger partial charge in [-0.25, -0.2) is 8.42 Å². The van der Waals surface area contributed by atoms with Gasteiger partial charge < -0.3 is 5.32 Å². The molecule has 5 nitrogen and oxygen atoms in total. The number of hydrogen-bond acceptors (Lipinski definition) is 4. The molecule has 0 radical (unpaired) electrons. The number of hydrogen-bond donors (Lipinski definition) is 1. The van der Waals surface area contributed by atoms with E-state index in [-0.39, 0.29) is 10.8 Å². The van der Waals surface area contributed by atoms with Crippen LogP contribution in [0.2, 0.25) is 5.02 Å². The molecule has 0 aliphatic carbocycles. The topological polar surface area (TPSA) is 66.5 Å². The standard InChI is InChI=1S/C23H17ClN2O3S2/c24-21-18-6-2-4-8-20(18)30-22(21)23(27)25-16-9-11-17(12-10-16)31(28,29)26-14-13-15-5-1-3-7-19(15)26/h1-12H,13-14H2,(H,25,27). The van der Waals surface area contributed by atoms with Gasteiger partial charge >= 0.3 is 0 Å². The normalized spacial score (nSPS) is 13.4. The third kappa shape index (κ3) is 3.48. The van der Waals surface area contributed by atoms with Gasteiger partial charge in [0.15, 0.2) is 0 Å². The van der Waals surface area contributed by atoms with E-state index in [1.807, 2.05) is 48.5 Å². The summed E-state index contributed by atoms with van der Waals surface area (Å²) >= 11 is 7.70. The van der Waals surface area contributed by atoms with Crippen LogP contribution in [0.1, 0.15) is 15.2 Å². The van der Waals surface area contributed by atoms with Gasteiger partial charge in [-0.05, 0) is 48.4 Å².